The Bertz CT molecular complexity index is 358. The van der Waals surface area contributed by atoms with Crippen LogP contribution >= 0.6 is 0 Å². The van der Waals surface area contributed by atoms with Gasteiger partial charge in [-0.2, -0.15) is 0 Å². The molecule has 0 aromatic heterocycles. The highest BCUT2D eigenvalue weighted by Gasteiger charge is 2.33. The van der Waals surface area contributed by atoms with E-state index in [2.05, 4.69) is 30.9 Å². The van der Waals surface area contributed by atoms with Gasteiger partial charge in [0.15, 0.2) is 0 Å². The molecule has 0 spiro atoms. The molecule has 0 radical (unpaired) electrons. The number of β-amino-alcohol motifs (C(OH)–C–C–N with tert-alkyl or cyclic N) is 1. The zero-order valence-corrected chi connectivity index (χ0v) is 13.0. The summed E-state index contributed by atoms with van der Waals surface area (Å²) < 4.78 is 5.92. The topological polar surface area (TPSA) is 32.7 Å². The molecule has 0 amide bonds. The van der Waals surface area contributed by atoms with Gasteiger partial charge in [0, 0.05) is 19.0 Å². The zero-order chi connectivity index (χ0) is 14.4. The van der Waals surface area contributed by atoms with Crippen molar-refractivity contribution in [2.24, 2.45) is 5.92 Å². The molecule has 114 valence electrons. The molecular weight excluding hydrogens is 250 g/mol. The van der Waals surface area contributed by atoms with Crippen molar-refractivity contribution >= 4 is 0 Å². The first-order valence-electron chi connectivity index (χ1n) is 7.98. The smallest absolute Gasteiger partial charge is 0.113 e. The number of ether oxygens (including phenoxy) is 1. The van der Waals surface area contributed by atoms with Crippen molar-refractivity contribution in [1.29, 1.82) is 0 Å². The van der Waals surface area contributed by atoms with E-state index in [0.29, 0.717) is 5.92 Å². The van der Waals surface area contributed by atoms with Crippen molar-refractivity contribution in [2.45, 2.75) is 52.2 Å². The second kappa shape index (κ2) is 7.96. The van der Waals surface area contributed by atoms with Crippen LogP contribution in [-0.4, -0.2) is 42.5 Å². The molecule has 2 atom stereocenters. The Morgan fingerprint density at radius 1 is 1.50 bits per heavy atom. The van der Waals surface area contributed by atoms with Crippen molar-refractivity contribution in [1.82, 2.24) is 4.90 Å². The molecule has 0 bridgehead atoms. The molecule has 1 aliphatic heterocycles. The third-order valence-corrected chi connectivity index (χ3v) is 4.33. The molecule has 0 aromatic carbocycles. The average molecular weight is 279 g/mol. The van der Waals surface area contributed by atoms with Gasteiger partial charge in [-0.25, -0.2) is 0 Å². The minimum atomic E-state index is 0.231. The third kappa shape index (κ3) is 4.44. The monoisotopic (exact) mass is 279 g/mol. The number of rotatable bonds is 6. The first-order valence-corrected chi connectivity index (χ1v) is 7.98. The van der Waals surface area contributed by atoms with E-state index < -0.39 is 0 Å². The SMILES string of the molecule is CC(C)=CCCC1=CCCC(C2OCCN2CCO)C1. The van der Waals surface area contributed by atoms with E-state index in [0.717, 1.165) is 26.1 Å². The van der Waals surface area contributed by atoms with Gasteiger partial charge in [-0.15, -0.1) is 0 Å². The normalized spacial score (nSPS) is 27.4. The van der Waals surface area contributed by atoms with Gasteiger partial charge in [0.25, 0.3) is 0 Å². The zero-order valence-electron chi connectivity index (χ0n) is 13.0. The predicted molar refractivity (Wildman–Crippen MR) is 82.5 cm³/mol. The van der Waals surface area contributed by atoms with E-state index in [4.69, 9.17) is 9.84 Å². The van der Waals surface area contributed by atoms with Crippen LogP contribution in [0.15, 0.2) is 23.3 Å². The summed E-state index contributed by atoms with van der Waals surface area (Å²) in [6.45, 7) is 7.10. The maximum Gasteiger partial charge on any atom is 0.113 e. The van der Waals surface area contributed by atoms with E-state index in [1.165, 1.54) is 31.3 Å². The van der Waals surface area contributed by atoms with E-state index in [1.54, 1.807) is 5.57 Å². The van der Waals surface area contributed by atoms with Crippen LogP contribution in [0, 0.1) is 5.92 Å². The summed E-state index contributed by atoms with van der Waals surface area (Å²) >= 11 is 0. The number of hydrogen-bond acceptors (Lipinski definition) is 3. The van der Waals surface area contributed by atoms with Gasteiger partial charge < -0.3 is 9.84 Å². The fraction of sp³-hybridized carbons (Fsp3) is 0.765. The molecular formula is C17H29NO2. The van der Waals surface area contributed by atoms with Crippen molar-refractivity contribution < 1.29 is 9.84 Å². The summed E-state index contributed by atoms with van der Waals surface area (Å²) in [5.74, 6) is 0.607. The van der Waals surface area contributed by atoms with Crippen LogP contribution in [0.25, 0.3) is 0 Å². The molecule has 1 aliphatic carbocycles. The first kappa shape index (κ1) is 15.7. The van der Waals surface area contributed by atoms with Crippen LogP contribution in [0.4, 0.5) is 0 Å². The van der Waals surface area contributed by atoms with Gasteiger partial charge in [0.2, 0.25) is 0 Å². The molecule has 2 rings (SSSR count). The fourth-order valence-corrected chi connectivity index (χ4v) is 3.34. The number of hydrogen-bond donors (Lipinski definition) is 1. The largest absolute Gasteiger partial charge is 0.395 e. The Kier molecular flexibility index (Phi) is 6.27. The summed E-state index contributed by atoms with van der Waals surface area (Å²) in [4.78, 5) is 2.31. The highest BCUT2D eigenvalue weighted by atomic mass is 16.5. The predicted octanol–water partition coefficient (Wildman–Crippen LogP) is 3.11. The van der Waals surface area contributed by atoms with Crippen molar-refractivity contribution in [3.63, 3.8) is 0 Å². The molecule has 1 fully saturated rings. The van der Waals surface area contributed by atoms with Crippen LogP contribution in [0.5, 0.6) is 0 Å². The molecule has 0 aromatic rings. The Labute approximate surface area is 123 Å². The Hall–Kier alpha value is -0.640. The maximum absolute atomic E-state index is 9.15. The van der Waals surface area contributed by atoms with Crippen LogP contribution in [0.3, 0.4) is 0 Å². The second-order valence-electron chi connectivity index (χ2n) is 6.25. The molecule has 3 nitrogen and oxygen atoms in total. The summed E-state index contributed by atoms with van der Waals surface area (Å²) in [5, 5.41) is 9.15. The van der Waals surface area contributed by atoms with Crippen molar-refractivity contribution in [3.05, 3.63) is 23.3 Å². The summed E-state index contributed by atoms with van der Waals surface area (Å²) in [6.07, 6.45) is 10.9. The molecule has 20 heavy (non-hydrogen) atoms. The lowest BCUT2D eigenvalue weighted by Gasteiger charge is -2.32. The number of aliphatic hydroxyl groups excluding tert-OH is 1. The van der Waals surface area contributed by atoms with E-state index >= 15 is 0 Å². The van der Waals surface area contributed by atoms with Gasteiger partial charge >= 0.3 is 0 Å². The minimum Gasteiger partial charge on any atom is -0.395 e. The molecule has 3 heteroatoms. The van der Waals surface area contributed by atoms with Gasteiger partial charge in [0.1, 0.15) is 6.23 Å². The van der Waals surface area contributed by atoms with Crippen LogP contribution < -0.4 is 0 Å². The van der Waals surface area contributed by atoms with Gasteiger partial charge in [0.05, 0.1) is 13.2 Å². The molecule has 0 saturated carbocycles. The number of aliphatic hydroxyl groups is 1. The Morgan fingerprint density at radius 3 is 3.10 bits per heavy atom. The van der Waals surface area contributed by atoms with Crippen LogP contribution in [-0.2, 0) is 4.74 Å². The number of allylic oxidation sites excluding steroid dienone is 4. The lowest BCUT2D eigenvalue weighted by Crippen LogP contribution is -2.39. The Balaban J connectivity index is 1.85. The quantitative estimate of drug-likeness (QED) is 0.758. The molecule has 2 unspecified atom stereocenters. The van der Waals surface area contributed by atoms with Crippen LogP contribution in [0.2, 0.25) is 0 Å². The number of nitrogens with zero attached hydrogens (tertiary/aromatic N) is 1. The highest BCUT2D eigenvalue weighted by Crippen LogP contribution is 2.33. The standard InChI is InChI=1S/C17H29NO2/c1-14(2)5-3-6-15-7-4-8-16(13-15)17-18(9-11-19)10-12-20-17/h5,7,16-17,19H,3-4,6,8-13H2,1-2H3. The fourth-order valence-electron chi connectivity index (χ4n) is 3.34. The maximum atomic E-state index is 9.15. The minimum absolute atomic E-state index is 0.231. The molecule has 1 saturated heterocycles. The molecule has 2 aliphatic rings. The summed E-state index contributed by atoms with van der Waals surface area (Å²) in [5.41, 5.74) is 3.00. The lowest BCUT2D eigenvalue weighted by molar-refractivity contribution is -0.0222. The van der Waals surface area contributed by atoms with Crippen LogP contribution in [0.1, 0.15) is 46.0 Å². The second-order valence-corrected chi connectivity index (χ2v) is 6.25. The highest BCUT2D eigenvalue weighted by molar-refractivity contribution is 5.09. The van der Waals surface area contributed by atoms with Crippen molar-refractivity contribution in [3.8, 4) is 0 Å². The van der Waals surface area contributed by atoms with Crippen molar-refractivity contribution in [2.75, 3.05) is 26.3 Å². The Morgan fingerprint density at radius 2 is 2.35 bits per heavy atom. The summed E-state index contributed by atoms with van der Waals surface area (Å²) in [6, 6.07) is 0. The first-order chi connectivity index (χ1) is 9.70. The van der Waals surface area contributed by atoms with Gasteiger partial charge in [-0.3, -0.25) is 4.90 Å². The third-order valence-electron chi connectivity index (χ3n) is 4.33. The summed E-state index contributed by atoms with van der Waals surface area (Å²) in [7, 11) is 0. The van der Waals surface area contributed by atoms with Gasteiger partial charge in [-0.05, 0) is 46.0 Å². The lowest BCUT2D eigenvalue weighted by atomic mass is 9.85. The van der Waals surface area contributed by atoms with E-state index in [9.17, 15) is 0 Å². The van der Waals surface area contributed by atoms with E-state index in [-0.39, 0.29) is 12.8 Å². The van der Waals surface area contributed by atoms with Gasteiger partial charge in [-0.1, -0.05) is 23.3 Å². The molecule has 1 N–H and O–H groups in total. The average Bonchev–Trinajstić information content (AvgIpc) is 2.87. The van der Waals surface area contributed by atoms with E-state index in [1.807, 2.05) is 0 Å². The molecule has 1 heterocycles.